The Morgan fingerprint density at radius 2 is 1.20 bits per heavy atom. The molecule has 0 aliphatic heterocycles. The van der Waals surface area contributed by atoms with Gasteiger partial charge in [-0.3, -0.25) is 0 Å². The van der Waals surface area contributed by atoms with Crippen molar-refractivity contribution >= 4 is 11.1 Å². The fourth-order valence-electron chi connectivity index (χ4n) is 6.00. The Bertz CT molecular complexity index is 1120. The Hall–Kier alpha value is -2.60. The Balaban J connectivity index is 0.000000554. The van der Waals surface area contributed by atoms with Crippen molar-refractivity contribution in [2.24, 2.45) is 5.92 Å². The fourth-order valence-corrected chi connectivity index (χ4v) is 6.00. The van der Waals surface area contributed by atoms with Crippen LogP contribution in [0.3, 0.4) is 0 Å². The average Bonchev–Trinajstić information content (AvgIpc) is 3.43. The van der Waals surface area contributed by atoms with Crippen molar-refractivity contribution in [1.29, 1.82) is 0 Å². The molecule has 3 aromatic rings. The Morgan fingerprint density at radius 3 is 1.77 bits per heavy atom. The van der Waals surface area contributed by atoms with Crippen molar-refractivity contribution in [3.63, 3.8) is 0 Å². The van der Waals surface area contributed by atoms with E-state index < -0.39 is 0 Å². The lowest BCUT2D eigenvalue weighted by Gasteiger charge is -2.18. The van der Waals surface area contributed by atoms with Crippen molar-refractivity contribution < 1.29 is 0 Å². The van der Waals surface area contributed by atoms with Gasteiger partial charge >= 0.3 is 0 Å². The molecule has 0 heterocycles. The predicted octanol–water partition coefficient (Wildman–Crippen LogP) is 12.6. The second-order valence-electron chi connectivity index (χ2n) is 11.1. The van der Waals surface area contributed by atoms with E-state index in [1.54, 1.807) is 0 Å². The van der Waals surface area contributed by atoms with Crippen LogP contribution in [0.4, 0.5) is 0 Å². The molecule has 0 amide bonds. The van der Waals surface area contributed by atoms with E-state index in [1.165, 1.54) is 108 Å². The lowest BCUT2D eigenvalue weighted by molar-refractivity contribution is 0.546. The SMILES string of the molecule is CC.CC.CCCCC.Cc1ccc(C2=C(c3ccc(CC4CCCC4)cc3)c3ccc(C)cc3CCC2)cc1. The van der Waals surface area contributed by atoms with Gasteiger partial charge < -0.3 is 0 Å². The average molecular weight is 539 g/mol. The third-order valence-electron chi connectivity index (χ3n) is 8.05. The quantitative estimate of drug-likeness (QED) is 0.293. The highest BCUT2D eigenvalue weighted by molar-refractivity contribution is 5.99. The summed E-state index contributed by atoms with van der Waals surface area (Å²) >= 11 is 0. The lowest BCUT2D eigenvalue weighted by atomic mass is 9.86. The minimum Gasteiger partial charge on any atom is -0.0683 e. The maximum Gasteiger partial charge on any atom is -0.00706 e. The second-order valence-corrected chi connectivity index (χ2v) is 11.1. The first-order valence-electron chi connectivity index (χ1n) is 16.6. The van der Waals surface area contributed by atoms with Crippen molar-refractivity contribution in [1.82, 2.24) is 0 Å². The summed E-state index contributed by atoms with van der Waals surface area (Å²) in [6.07, 6.45) is 14.5. The zero-order valence-electron chi connectivity index (χ0n) is 27.2. The maximum absolute atomic E-state index is 2.40. The van der Waals surface area contributed by atoms with Gasteiger partial charge in [0.05, 0.1) is 0 Å². The topological polar surface area (TPSA) is 0 Å². The first-order chi connectivity index (χ1) is 19.6. The molecule has 1 saturated carbocycles. The first kappa shape index (κ1) is 33.6. The van der Waals surface area contributed by atoms with Crippen molar-refractivity contribution in [3.8, 4) is 0 Å². The molecule has 3 aromatic carbocycles. The molecule has 2 aliphatic rings. The van der Waals surface area contributed by atoms with Gasteiger partial charge in [0.25, 0.3) is 0 Å². The maximum atomic E-state index is 2.40. The zero-order valence-corrected chi connectivity index (χ0v) is 27.2. The van der Waals surface area contributed by atoms with Crippen LogP contribution in [-0.2, 0) is 12.8 Å². The van der Waals surface area contributed by atoms with Crippen molar-refractivity contribution in [2.45, 2.75) is 126 Å². The highest BCUT2D eigenvalue weighted by Gasteiger charge is 2.21. The largest absolute Gasteiger partial charge is 0.0683 e. The molecule has 0 unspecified atom stereocenters. The molecule has 218 valence electrons. The summed E-state index contributed by atoms with van der Waals surface area (Å²) in [6.45, 7) is 16.8. The highest BCUT2D eigenvalue weighted by atomic mass is 14.2. The van der Waals surface area contributed by atoms with Gasteiger partial charge in [-0.25, -0.2) is 0 Å². The van der Waals surface area contributed by atoms with Gasteiger partial charge in [0, 0.05) is 0 Å². The number of allylic oxidation sites excluding steroid dienone is 1. The van der Waals surface area contributed by atoms with E-state index in [1.807, 2.05) is 27.7 Å². The van der Waals surface area contributed by atoms with Gasteiger partial charge in [-0.05, 0) is 84.4 Å². The van der Waals surface area contributed by atoms with Crippen LogP contribution in [0.2, 0.25) is 0 Å². The Labute approximate surface area is 248 Å². The van der Waals surface area contributed by atoms with Crippen LogP contribution < -0.4 is 0 Å². The second kappa shape index (κ2) is 18.7. The molecular weight excluding hydrogens is 480 g/mol. The highest BCUT2D eigenvalue weighted by Crippen LogP contribution is 2.40. The number of benzene rings is 3. The summed E-state index contributed by atoms with van der Waals surface area (Å²) in [6, 6.07) is 25.8. The van der Waals surface area contributed by atoms with Crippen molar-refractivity contribution in [3.05, 3.63) is 106 Å². The normalized spacial score (nSPS) is 14.5. The van der Waals surface area contributed by atoms with E-state index in [9.17, 15) is 0 Å². The molecule has 0 aromatic heterocycles. The van der Waals surface area contributed by atoms with Crippen LogP contribution in [-0.4, -0.2) is 0 Å². The van der Waals surface area contributed by atoms with Crippen molar-refractivity contribution in [2.75, 3.05) is 0 Å². The molecular formula is C40H58. The Kier molecular flexibility index (Phi) is 15.7. The first-order valence-corrected chi connectivity index (χ1v) is 16.6. The molecule has 0 bridgehead atoms. The van der Waals surface area contributed by atoms with E-state index in [0.717, 1.165) is 18.8 Å². The zero-order chi connectivity index (χ0) is 29.3. The summed E-state index contributed by atoms with van der Waals surface area (Å²) < 4.78 is 0. The van der Waals surface area contributed by atoms with Gasteiger partial charge in [-0.1, -0.05) is 164 Å². The standard InChI is InChI=1S/C31H34.C5H12.2C2H6/c1-22-10-15-26(16-11-22)29-9-5-8-28-20-23(2)12-19-30(28)31(29)27-17-13-25(14-18-27)21-24-6-3-4-7-24;1-3-5-4-2;2*1-2/h10-20,24H,3-9,21H2,1-2H3;3-5H2,1-2H3;2*1-2H3. The monoisotopic (exact) mass is 538 g/mol. The molecule has 0 N–H and O–H groups in total. The fraction of sp³-hybridized carbons (Fsp3) is 0.500. The summed E-state index contributed by atoms with van der Waals surface area (Å²) in [5, 5.41) is 0. The number of unbranched alkanes of at least 4 members (excludes halogenated alkanes) is 2. The Morgan fingerprint density at radius 1 is 0.625 bits per heavy atom. The van der Waals surface area contributed by atoms with Crippen LogP contribution in [0.1, 0.15) is 138 Å². The third-order valence-corrected chi connectivity index (χ3v) is 8.05. The number of aryl methyl sites for hydroxylation is 3. The molecule has 1 fully saturated rings. The van der Waals surface area contributed by atoms with E-state index in [2.05, 4.69) is 94.4 Å². The van der Waals surface area contributed by atoms with E-state index >= 15 is 0 Å². The van der Waals surface area contributed by atoms with Gasteiger partial charge in [0.15, 0.2) is 0 Å². The van der Waals surface area contributed by atoms with Gasteiger partial charge in [-0.15, -0.1) is 0 Å². The van der Waals surface area contributed by atoms with E-state index in [0.29, 0.717) is 0 Å². The molecule has 2 aliphatic carbocycles. The van der Waals surface area contributed by atoms with Gasteiger partial charge in [0.1, 0.15) is 0 Å². The summed E-state index contributed by atoms with van der Waals surface area (Å²) in [7, 11) is 0. The summed E-state index contributed by atoms with van der Waals surface area (Å²) in [4.78, 5) is 0. The number of fused-ring (bicyclic) bond motifs is 1. The van der Waals surface area contributed by atoms with Crippen LogP contribution in [0.25, 0.3) is 11.1 Å². The molecule has 5 rings (SSSR count). The predicted molar refractivity (Wildman–Crippen MR) is 181 cm³/mol. The molecule has 0 spiro atoms. The molecule has 0 atom stereocenters. The molecule has 0 nitrogen and oxygen atoms in total. The van der Waals surface area contributed by atoms with Crippen LogP contribution in [0.5, 0.6) is 0 Å². The van der Waals surface area contributed by atoms with E-state index in [4.69, 9.17) is 0 Å². The molecule has 0 heteroatoms. The number of hydrogen-bond donors (Lipinski definition) is 0. The smallest absolute Gasteiger partial charge is 0.00706 e. The van der Waals surface area contributed by atoms with E-state index in [-0.39, 0.29) is 0 Å². The van der Waals surface area contributed by atoms with Crippen LogP contribution >= 0.6 is 0 Å². The summed E-state index contributed by atoms with van der Waals surface area (Å²) in [5.74, 6) is 0.898. The number of hydrogen-bond acceptors (Lipinski definition) is 0. The number of rotatable bonds is 6. The summed E-state index contributed by atoms with van der Waals surface area (Å²) in [5.41, 5.74) is 12.8. The van der Waals surface area contributed by atoms with Crippen LogP contribution in [0.15, 0.2) is 66.7 Å². The molecule has 40 heavy (non-hydrogen) atoms. The van der Waals surface area contributed by atoms with Gasteiger partial charge in [0.2, 0.25) is 0 Å². The minimum atomic E-state index is 0.898. The van der Waals surface area contributed by atoms with Gasteiger partial charge in [-0.2, -0.15) is 0 Å². The lowest BCUT2D eigenvalue weighted by Crippen LogP contribution is -2.00. The molecule has 0 radical (unpaired) electrons. The van der Waals surface area contributed by atoms with Crippen LogP contribution in [0, 0.1) is 19.8 Å². The molecule has 0 saturated heterocycles. The third kappa shape index (κ3) is 9.79. The minimum absolute atomic E-state index is 0.898.